The van der Waals surface area contributed by atoms with Crippen LogP contribution in [0, 0.1) is 0 Å². The summed E-state index contributed by atoms with van der Waals surface area (Å²) in [4.78, 5) is 24.4. The zero-order valence-electron chi connectivity index (χ0n) is 17.1. The number of benzene rings is 3. The van der Waals surface area contributed by atoms with Gasteiger partial charge in [-0.3, -0.25) is 9.59 Å². The molecule has 0 saturated heterocycles. The second-order valence-electron chi connectivity index (χ2n) is 6.69. The van der Waals surface area contributed by atoms with Crippen molar-refractivity contribution in [3.63, 3.8) is 0 Å². The van der Waals surface area contributed by atoms with E-state index in [-0.39, 0.29) is 25.0 Å². The third-order valence-electron chi connectivity index (χ3n) is 4.31. The van der Waals surface area contributed by atoms with Crippen molar-refractivity contribution in [1.82, 2.24) is 0 Å². The summed E-state index contributed by atoms with van der Waals surface area (Å²) in [5, 5.41) is 5.51. The van der Waals surface area contributed by atoms with E-state index >= 15 is 0 Å². The van der Waals surface area contributed by atoms with Gasteiger partial charge < -0.3 is 20.1 Å². The molecule has 0 radical (unpaired) electrons. The fourth-order valence-corrected chi connectivity index (χ4v) is 3.30. The first kappa shape index (κ1) is 22.4. The van der Waals surface area contributed by atoms with E-state index in [1.807, 2.05) is 36.4 Å². The highest BCUT2D eigenvalue weighted by atomic mass is 79.9. The summed E-state index contributed by atoms with van der Waals surface area (Å²) in [6, 6.07) is 21.8. The van der Waals surface area contributed by atoms with E-state index in [1.165, 1.54) is 5.56 Å². The fourth-order valence-electron chi connectivity index (χ4n) is 2.76. The lowest BCUT2D eigenvalue weighted by molar-refractivity contribution is -0.118. The molecule has 0 spiro atoms. The Hall–Kier alpha value is -3.32. The molecule has 2 N–H and O–H groups in total. The van der Waals surface area contributed by atoms with Crippen LogP contribution in [0.15, 0.2) is 77.3 Å². The van der Waals surface area contributed by atoms with Gasteiger partial charge in [-0.05, 0) is 70.4 Å². The molecular weight excluding hydrogens is 460 g/mol. The smallest absolute Gasteiger partial charge is 0.262 e. The molecule has 0 fully saturated rings. The number of para-hydroxylation sites is 1. The molecule has 0 aliphatic rings. The monoisotopic (exact) mass is 482 g/mol. The van der Waals surface area contributed by atoms with Gasteiger partial charge in [0.1, 0.15) is 11.5 Å². The summed E-state index contributed by atoms with van der Waals surface area (Å²) in [5.41, 5.74) is 2.28. The minimum atomic E-state index is -0.303. The Kier molecular flexibility index (Phi) is 8.06. The topological polar surface area (TPSA) is 76.7 Å². The number of carbonyl (C=O) groups excluding carboxylic acids is 2. The van der Waals surface area contributed by atoms with Crippen molar-refractivity contribution in [2.75, 3.05) is 23.8 Å². The lowest BCUT2D eigenvalue weighted by Crippen LogP contribution is -2.21. The number of carbonyl (C=O) groups is 2. The first-order valence-electron chi connectivity index (χ1n) is 9.82. The molecule has 0 aromatic heterocycles. The van der Waals surface area contributed by atoms with Gasteiger partial charge in [0.05, 0.1) is 4.47 Å². The molecule has 6 nitrogen and oxygen atoms in total. The maximum absolute atomic E-state index is 12.3. The van der Waals surface area contributed by atoms with Crippen molar-refractivity contribution >= 4 is 39.1 Å². The van der Waals surface area contributed by atoms with E-state index in [0.717, 1.165) is 10.9 Å². The molecule has 3 aromatic rings. The van der Waals surface area contributed by atoms with E-state index in [4.69, 9.17) is 9.47 Å². The van der Waals surface area contributed by atoms with Crippen LogP contribution in [0.25, 0.3) is 0 Å². The van der Waals surface area contributed by atoms with Gasteiger partial charge >= 0.3 is 0 Å². The van der Waals surface area contributed by atoms with E-state index < -0.39 is 0 Å². The van der Waals surface area contributed by atoms with Crippen LogP contribution in [0.2, 0.25) is 0 Å². The van der Waals surface area contributed by atoms with E-state index in [9.17, 15) is 9.59 Å². The fraction of sp³-hybridized carbons (Fsp3) is 0.167. The number of hydrogen-bond acceptors (Lipinski definition) is 4. The van der Waals surface area contributed by atoms with Crippen LogP contribution in [0.1, 0.15) is 12.5 Å². The summed E-state index contributed by atoms with van der Waals surface area (Å²) < 4.78 is 11.8. The number of anilines is 2. The Labute approximate surface area is 189 Å². The number of amides is 2. The third kappa shape index (κ3) is 7.15. The number of ether oxygens (including phenoxy) is 2. The molecule has 0 unspecified atom stereocenters. The first-order valence-corrected chi connectivity index (χ1v) is 10.6. The molecule has 7 heteroatoms. The Morgan fingerprint density at radius 3 is 2.06 bits per heavy atom. The van der Waals surface area contributed by atoms with Crippen molar-refractivity contribution in [2.45, 2.75) is 13.3 Å². The van der Waals surface area contributed by atoms with Gasteiger partial charge in [0.25, 0.3) is 11.8 Å². The van der Waals surface area contributed by atoms with Gasteiger partial charge in [-0.25, -0.2) is 0 Å². The predicted octanol–water partition coefficient (Wildman–Crippen LogP) is 5.05. The molecule has 160 valence electrons. The minimum Gasteiger partial charge on any atom is -0.484 e. The molecule has 0 heterocycles. The lowest BCUT2D eigenvalue weighted by atomic mass is 10.2. The molecular formula is C24H23BrN2O4. The normalized spacial score (nSPS) is 10.3. The summed E-state index contributed by atoms with van der Waals surface area (Å²) in [6.07, 6.45) is 0.921. The average Bonchev–Trinajstić information content (AvgIpc) is 2.77. The summed E-state index contributed by atoms with van der Waals surface area (Å²) in [7, 11) is 0. The summed E-state index contributed by atoms with van der Waals surface area (Å²) in [5.74, 6) is 0.625. The highest BCUT2D eigenvalue weighted by Gasteiger charge is 2.09. The molecule has 3 aromatic carbocycles. The van der Waals surface area contributed by atoms with E-state index in [2.05, 4.69) is 33.5 Å². The lowest BCUT2D eigenvalue weighted by Gasteiger charge is -2.11. The molecule has 0 aliphatic heterocycles. The van der Waals surface area contributed by atoms with Gasteiger partial charge in [-0.2, -0.15) is 0 Å². The summed E-state index contributed by atoms with van der Waals surface area (Å²) >= 11 is 3.46. The molecule has 0 bridgehead atoms. The van der Waals surface area contributed by atoms with Crippen molar-refractivity contribution in [3.05, 3.63) is 82.8 Å². The maximum Gasteiger partial charge on any atom is 0.262 e. The Bertz CT molecular complexity index is 1040. The predicted molar refractivity (Wildman–Crippen MR) is 125 cm³/mol. The number of hydrogen-bond donors (Lipinski definition) is 2. The van der Waals surface area contributed by atoms with Crippen molar-refractivity contribution in [3.8, 4) is 11.5 Å². The van der Waals surface area contributed by atoms with Gasteiger partial charge in [0, 0.05) is 11.4 Å². The van der Waals surface area contributed by atoms with Crippen LogP contribution >= 0.6 is 15.9 Å². The maximum atomic E-state index is 12.3. The number of halogens is 1. The minimum absolute atomic E-state index is 0.111. The third-order valence-corrected chi connectivity index (χ3v) is 4.93. The van der Waals surface area contributed by atoms with Gasteiger partial charge in [-0.1, -0.05) is 37.3 Å². The van der Waals surface area contributed by atoms with Gasteiger partial charge in [-0.15, -0.1) is 0 Å². The molecule has 0 aliphatic carbocycles. The highest BCUT2D eigenvalue weighted by Crippen LogP contribution is 2.26. The Morgan fingerprint density at radius 2 is 1.45 bits per heavy atom. The highest BCUT2D eigenvalue weighted by molar-refractivity contribution is 9.10. The molecule has 0 atom stereocenters. The zero-order valence-corrected chi connectivity index (χ0v) is 18.6. The quantitative estimate of drug-likeness (QED) is 0.447. The zero-order chi connectivity index (χ0) is 22.1. The van der Waals surface area contributed by atoms with Crippen LogP contribution in [0.5, 0.6) is 11.5 Å². The molecule has 2 amide bonds. The SMILES string of the molecule is CCc1ccc(OCC(=O)Nc2cccc(NC(=O)COc3ccccc3)c2)c(Br)c1. The van der Waals surface area contributed by atoms with Crippen molar-refractivity contribution in [2.24, 2.45) is 0 Å². The molecule has 0 saturated carbocycles. The number of aryl methyl sites for hydroxylation is 1. The van der Waals surface area contributed by atoms with Crippen LogP contribution in [0.4, 0.5) is 11.4 Å². The van der Waals surface area contributed by atoms with Crippen LogP contribution in [-0.4, -0.2) is 25.0 Å². The Balaban J connectivity index is 1.49. The number of nitrogens with one attached hydrogen (secondary N) is 2. The van der Waals surface area contributed by atoms with Crippen LogP contribution < -0.4 is 20.1 Å². The first-order chi connectivity index (χ1) is 15.0. The molecule has 31 heavy (non-hydrogen) atoms. The largest absolute Gasteiger partial charge is 0.484 e. The Morgan fingerprint density at radius 1 is 0.806 bits per heavy atom. The second-order valence-corrected chi connectivity index (χ2v) is 7.54. The van der Waals surface area contributed by atoms with Crippen LogP contribution in [0.3, 0.4) is 0 Å². The van der Waals surface area contributed by atoms with Crippen molar-refractivity contribution < 1.29 is 19.1 Å². The number of rotatable bonds is 9. The van der Waals surface area contributed by atoms with E-state index in [1.54, 1.807) is 36.4 Å². The van der Waals surface area contributed by atoms with Gasteiger partial charge in [0.15, 0.2) is 13.2 Å². The molecule has 3 rings (SSSR count). The van der Waals surface area contributed by atoms with E-state index in [0.29, 0.717) is 22.9 Å². The second kappa shape index (κ2) is 11.2. The summed E-state index contributed by atoms with van der Waals surface area (Å²) in [6.45, 7) is 1.83. The van der Waals surface area contributed by atoms with Crippen molar-refractivity contribution in [1.29, 1.82) is 0 Å². The van der Waals surface area contributed by atoms with Crippen LogP contribution in [-0.2, 0) is 16.0 Å². The average molecular weight is 483 g/mol. The standard InChI is InChI=1S/C24H23BrN2O4/c1-2-17-11-12-22(21(25)13-17)31-16-24(29)27-19-8-6-7-18(14-19)26-23(28)15-30-20-9-4-3-5-10-20/h3-14H,2,15-16H2,1H3,(H,26,28)(H,27,29). The van der Waals surface area contributed by atoms with Gasteiger partial charge in [0.2, 0.25) is 0 Å².